The van der Waals surface area contributed by atoms with Gasteiger partial charge in [0.1, 0.15) is 6.04 Å². The van der Waals surface area contributed by atoms with Crippen LogP contribution in [0.15, 0.2) is 48.5 Å². The summed E-state index contributed by atoms with van der Waals surface area (Å²) in [6.45, 7) is 0. The molecule has 0 aliphatic rings. The SMILES string of the molecule is NC(=O)[C@H](NC(=O)Cc1c(Cl)cccc1Cl)c1ccccc1. The first kappa shape index (κ1) is 16.3. The maximum absolute atomic E-state index is 12.2. The summed E-state index contributed by atoms with van der Waals surface area (Å²) in [4.78, 5) is 23.7. The molecule has 0 aromatic heterocycles. The Labute approximate surface area is 138 Å². The Balaban J connectivity index is 2.14. The van der Waals surface area contributed by atoms with E-state index in [1.165, 1.54) is 0 Å². The van der Waals surface area contributed by atoms with Crippen LogP contribution < -0.4 is 11.1 Å². The van der Waals surface area contributed by atoms with Gasteiger partial charge in [-0.15, -0.1) is 0 Å². The molecule has 0 bridgehead atoms. The van der Waals surface area contributed by atoms with Gasteiger partial charge in [-0.2, -0.15) is 0 Å². The van der Waals surface area contributed by atoms with E-state index in [2.05, 4.69) is 5.32 Å². The molecule has 1 atom stereocenters. The molecule has 0 radical (unpaired) electrons. The molecule has 6 heteroatoms. The molecule has 0 aliphatic heterocycles. The van der Waals surface area contributed by atoms with Crippen molar-refractivity contribution >= 4 is 35.0 Å². The quantitative estimate of drug-likeness (QED) is 0.881. The van der Waals surface area contributed by atoms with Crippen molar-refractivity contribution in [1.82, 2.24) is 5.32 Å². The molecule has 114 valence electrons. The van der Waals surface area contributed by atoms with Gasteiger partial charge >= 0.3 is 0 Å². The van der Waals surface area contributed by atoms with E-state index in [1.54, 1.807) is 42.5 Å². The molecular formula is C16H14Cl2N2O2. The summed E-state index contributed by atoms with van der Waals surface area (Å²) >= 11 is 12.1. The maximum Gasteiger partial charge on any atom is 0.244 e. The van der Waals surface area contributed by atoms with Gasteiger partial charge in [0, 0.05) is 10.0 Å². The van der Waals surface area contributed by atoms with E-state index in [4.69, 9.17) is 28.9 Å². The highest BCUT2D eigenvalue weighted by molar-refractivity contribution is 6.36. The summed E-state index contributed by atoms with van der Waals surface area (Å²) < 4.78 is 0. The topological polar surface area (TPSA) is 72.2 Å². The van der Waals surface area contributed by atoms with Gasteiger partial charge in [0.15, 0.2) is 0 Å². The highest BCUT2D eigenvalue weighted by Crippen LogP contribution is 2.25. The molecule has 0 spiro atoms. The van der Waals surface area contributed by atoms with Gasteiger partial charge in [-0.05, 0) is 23.3 Å². The van der Waals surface area contributed by atoms with Gasteiger partial charge in [0.05, 0.1) is 6.42 Å². The smallest absolute Gasteiger partial charge is 0.244 e. The lowest BCUT2D eigenvalue weighted by atomic mass is 10.1. The van der Waals surface area contributed by atoms with Gasteiger partial charge in [-0.3, -0.25) is 9.59 Å². The standard InChI is InChI=1S/C16H14Cl2N2O2/c17-12-7-4-8-13(18)11(12)9-14(21)20-15(16(19)22)10-5-2-1-3-6-10/h1-8,15H,9H2,(H2,19,22)(H,20,21)/t15-/m1/s1. The Hall–Kier alpha value is -2.04. The van der Waals surface area contributed by atoms with Crippen molar-refractivity contribution in [2.24, 2.45) is 5.73 Å². The zero-order valence-electron chi connectivity index (χ0n) is 11.6. The van der Waals surface area contributed by atoms with E-state index in [0.717, 1.165) is 0 Å². The average molecular weight is 337 g/mol. The van der Waals surface area contributed by atoms with Crippen LogP contribution in [0.25, 0.3) is 0 Å². The first-order chi connectivity index (χ1) is 10.5. The third-order valence-corrected chi connectivity index (χ3v) is 3.83. The molecule has 0 aliphatic carbocycles. The second-order valence-corrected chi connectivity index (χ2v) is 5.50. The number of carbonyl (C=O) groups is 2. The molecule has 2 amide bonds. The number of nitrogens with one attached hydrogen (secondary N) is 1. The van der Waals surface area contributed by atoms with Gasteiger partial charge < -0.3 is 11.1 Å². The molecule has 0 heterocycles. The number of hydrogen-bond donors (Lipinski definition) is 2. The largest absolute Gasteiger partial charge is 0.368 e. The molecule has 4 nitrogen and oxygen atoms in total. The Bertz CT molecular complexity index is 670. The van der Waals surface area contributed by atoms with Crippen LogP contribution in [-0.4, -0.2) is 11.8 Å². The van der Waals surface area contributed by atoms with E-state index in [-0.39, 0.29) is 12.3 Å². The van der Waals surface area contributed by atoms with Gasteiger partial charge in [0.2, 0.25) is 11.8 Å². The van der Waals surface area contributed by atoms with E-state index in [0.29, 0.717) is 21.2 Å². The van der Waals surface area contributed by atoms with Crippen molar-refractivity contribution in [2.45, 2.75) is 12.5 Å². The fraction of sp³-hybridized carbons (Fsp3) is 0.125. The first-order valence-corrected chi connectivity index (χ1v) is 7.31. The normalized spacial score (nSPS) is 11.7. The number of carbonyl (C=O) groups excluding carboxylic acids is 2. The third kappa shape index (κ3) is 4.00. The molecule has 0 saturated carbocycles. The predicted molar refractivity (Wildman–Crippen MR) is 86.7 cm³/mol. The summed E-state index contributed by atoms with van der Waals surface area (Å²) in [5.41, 5.74) is 6.50. The van der Waals surface area contributed by atoms with Crippen molar-refractivity contribution in [3.05, 3.63) is 69.7 Å². The van der Waals surface area contributed by atoms with Crippen LogP contribution in [0.4, 0.5) is 0 Å². The second-order valence-electron chi connectivity index (χ2n) is 4.69. The number of primary amides is 1. The van der Waals surface area contributed by atoms with Crippen LogP contribution >= 0.6 is 23.2 Å². The predicted octanol–water partition coefficient (Wildman–Crippen LogP) is 2.88. The number of hydrogen-bond acceptors (Lipinski definition) is 2. The molecule has 3 N–H and O–H groups in total. The number of nitrogens with two attached hydrogens (primary N) is 1. The second kappa shape index (κ2) is 7.29. The fourth-order valence-electron chi connectivity index (χ4n) is 2.04. The molecule has 2 aromatic carbocycles. The minimum Gasteiger partial charge on any atom is -0.368 e. The molecule has 0 fully saturated rings. The Morgan fingerprint density at radius 3 is 2.14 bits per heavy atom. The van der Waals surface area contributed by atoms with Crippen molar-refractivity contribution < 1.29 is 9.59 Å². The number of halogens is 2. The van der Waals surface area contributed by atoms with Crippen LogP contribution in [0.2, 0.25) is 10.0 Å². The monoisotopic (exact) mass is 336 g/mol. The third-order valence-electron chi connectivity index (χ3n) is 3.12. The maximum atomic E-state index is 12.2. The summed E-state index contributed by atoms with van der Waals surface area (Å²) in [6, 6.07) is 12.9. The average Bonchev–Trinajstić information content (AvgIpc) is 2.49. The zero-order valence-corrected chi connectivity index (χ0v) is 13.1. The van der Waals surface area contributed by atoms with Gasteiger partial charge in [0.25, 0.3) is 0 Å². The molecule has 0 unspecified atom stereocenters. The van der Waals surface area contributed by atoms with E-state index in [1.807, 2.05) is 6.07 Å². The van der Waals surface area contributed by atoms with E-state index in [9.17, 15) is 9.59 Å². The van der Waals surface area contributed by atoms with Gasteiger partial charge in [-0.1, -0.05) is 59.6 Å². The summed E-state index contributed by atoms with van der Waals surface area (Å²) in [6.07, 6.45) is -0.0326. The lowest BCUT2D eigenvalue weighted by Crippen LogP contribution is -2.38. The van der Waals surface area contributed by atoms with Crippen molar-refractivity contribution in [1.29, 1.82) is 0 Å². The fourth-order valence-corrected chi connectivity index (χ4v) is 2.57. The van der Waals surface area contributed by atoms with E-state index < -0.39 is 11.9 Å². The first-order valence-electron chi connectivity index (χ1n) is 6.55. The molecule has 2 aromatic rings. The van der Waals surface area contributed by atoms with E-state index >= 15 is 0 Å². The van der Waals surface area contributed by atoms with Crippen molar-refractivity contribution in [3.63, 3.8) is 0 Å². The lowest BCUT2D eigenvalue weighted by molar-refractivity contribution is -0.127. The van der Waals surface area contributed by atoms with Crippen LogP contribution in [0.3, 0.4) is 0 Å². The minimum atomic E-state index is -0.894. The molecule has 0 saturated heterocycles. The summed E-state index contributed by atoms with van der Waals surface area (Å²) in [5, 5.41) is 3.41. The Kier molecular flexibility index (Phi) is 5.41. The Morgan fingerprint density at radius 2 is 1.59 bits per heavy atom. The van der Waals surface area contributed by atoms with Gasteiger partial charge in [-0.25, -0.2) is 0 Å². The van der Waals surface area contributed by atoms with Crippen LogP contribution in [-0.2, 0) is 16.0 Å². The minimum absolute atomic E-state index is 0.0326. The summed E-state index contributed by atoms with van der Waals surface area (Å²) in [5.74, 6) is -1.02. The number of amides is 2. The number of rotatable bonds is 5. The molecule has 2 rings (SSSR count). The highest BCUT2D eigenvalue weighted by atomic mass is 35.5. The molecular weight excluding hydrogens is 323 g/mol. The lowest BCUT2D eigenvalue weighted by Gasteiger charge is -2.16. The van der Waals surface area contributed by atoms with Crippen molar-refractivity contribution in [3.8, 4) is 0 Å². The Morgan fingerprint density at radius 1 is 1.00 bits per heavy atom. The zero-order chi connectivity index (χ0) is 16.1. The van der Waals surface area contributed by atoms with Crippen LogP contribution in [0.5, 0.6) is 0 Å². The number of benzene rings is 2. The highest BCUT2D eigenvalue weighted by Gasteiger charge is 2.21. The van der Waals surface area contributed by atoms with Crippen molar-refractivity contribution in [2.75, 3.05) is 0 Å². The summed E-state index contributed by atoms with van der Waals surface area (Å²) in [7, 11) is 0. The van der Waals surface area contributed by atoms with Crippen LogP contribution in [0.1, 0.15) is 17.2 Å². The van der Waals surface area contributed by atoms with Crippen LogP contribution in [0, 0.1) is 0 Å². The molecule has 22 heavy (non-hydrogen) atoms.